The molecule has 1 aliphatic heterocycles. The van der Waals surface area contributed by atoms with E-state index in [9.17, 15) is 0 Å². The van der Waals surface area contributed by atoms with Gasteiger partial charge < -0.3 is 21.5 Å². The zero-order chi connectivity index (χ0) is 19.2. The first-order valence-electron chi connectivity index (χ1n) is 9.58. The van der Waals surface area contributed by atoms with Gasteiger partial charge in [0.1, 0.15) is 17.1 Å². The summed E-state index contributed by atoms with van der Waals surface area (Å²) in [5.41, 5.74) is 14.7. The van der Waals surface area contributed by atoms with Gasteiger partial charge in [-0.25, -0.2) is 4.98 Å². The lowest BCUT2D eigenvalue weighted by atomic mass is 9.98. The van der Waals surface area contributed by atoms with Crippen molar-refractivity contribution in [3.63, 3.8) is 0 Å². The topological polar surface area (TPSA) is 98.5 Å². The Kier molecular flexibility index (Phi) is 6.29. The van der Waals surface area contributed by atoms with E-state index in [0.717, 1.165) is 25.9 Å². The van der Waals surface area contributed by atoms with Gasteiger partial charge in [0.2, 0.25) is 5.88 Å². The van der Waals surface area contributed by atoms with Crippen LogP contribution in [0.4, 0.5) is 5.69 Å². The van der Waals surface area contributed by atoms with E-state index in [2.05, 4.69) is 35.2 Å². The normalized spacial score (nSPS) is 15.9. The molecule has 2 heterocycles. The standard InChI is InChI=1S/C21H29N5O/c1-14(2)16-4-3-5-17(12-16)27-21-19(18(22)8-11-25-21)20(23)26-13-15-6-9-24-10-7-15/h3-5,8,11-12,14-15,24H,6-7,9-10,13H2,1-2H3,(H2,22,25)(H2,23,26). The molecule has 0 spiro atoms. The van der Waals surface area contributed by atoms with Crippen molar-refractivity contribution < 1.29 is 4.74 Å². The lowest BCUT2D eigenvalue weighted by Gasteiger charge is -2.21. The molecule has 6 nitrogen and oxygen atoms in total. The van der Waals surface area contributed by atoms with Gasteiger partial charge in [0, 0.05) is 18.4 Å². The predicted molar refractivity (Wildman–Crippen MR) is 110 cm³/mol. The van der Waals surface area contributed by atoms with E-state index >= 15 is 0 Å². The van der Waals surface area contributed by atoms with E-state index in [-0.39, 0.29) is 0 Å². The van der Waals surface area contributed by atoms with Crippen LogP contribution < -0.4 is 21.5 Å². The van der Waals surface area contributed by atoms with Crippen molar-refractivity contribution in [2.45, 2.75) is 32.6 Å². The molecule has 2 aromatic rings. The number of aromatic nitrogens is 1. The van der Waals surface area contributed by atoms with Crippen LogP contribution in [0.3, 0.4) is 0 Å². The summed E-state index contributed by atoms with van der Waals surface area (Å²) in [6, 6.07) is 9.70. The molecule has 0 bridgehead atoms. The minimum atomic E-state index is 0.383. The summed E-state index contributed by atoms with van der Waals surface area (Å²) in [5.74, 6) is 2.46. The van der Waals surface area contributed by atoms with E-state index in [0.29, 0.717) is 47.1 Å². The fourth-order valence-electron chi connectivity index (χ4n) is 3.21. The molecule has 1 aromatic carbocycles. The average Bonchev–Trinajstić information content (AvgIpc) is 2.67. The van der Waals surface area contributed by atoms with E-state index in [1.165, 1.54) is 5.56 Å². The third-order valence-electron chi connectivity index (χ3n) is 4.92. The molecule has 1 fully saturated rings. The van der Waals surface area contributed by atoms with Gasteiger partial charge in [0.05, 0.1) is 0 Å². The Morgan fingerprint density at radius 2 is 2.07 bits per heavy atom. The maximum absolute atomic E-state index is 6.28. The van der Waals surface area contributed by atoms with Crippen LogP contribution in [0.25, 0.3) is 0 Å². The molecule has 144 valence electrons. The van der Waals surface area contributed by atoms with Gasteiger partial charge in [0.15, 0.2) is 0 Å². The molecule has 0 amide bonds. The highest BCUT2D eigenvalue weighted by Gasteiger charge is 2.17. The summed E-state index contributed by atoms with van der Waals surface area (Å²) in [5, 5.41) is 3.36. The number of nitrogens with zero attached hydrogens (tertiary/aromatic N) is 2. The minimum Gasteiger partial charge on any atom is -0.438 e. The molecule has 27 heavy (non-hydrogen) atoms. The Balaban J connectivity index is 1.82. The molecule has 0 aliphatic carbocycles. The Bertz CT molecular complexity index is 797. The van der Waals surface area contributed by atoms with Crippen molar-refractivity contribution >= 4 is 11.5 Å². The number of nitrogens with one attached hydrogen (secondary N) is 1. The number of amidine groups is 1. The second kappa shape index (κ2) is 8.86. The van der Waals surface area contributed by atoms with Crippen LogP contribution in [0.1, 0.15) is 43.7 Å². The summed E-state index contributed by atoms with van der Waals surface area (Å²) in [6.07, 6.45) is 3.86. The maximum Gasteiger partial charge on any atom is 0.232 e. The molecule has 0 atom stereocenters. The number of hydrogen-bond donors (Lipinski definition) is 3. The van der Waals surface area contributed by atoms with Crippen LogP contribution in [0, 0.1) is 5.92 Å². The summed E-state index contributed by atoms with van der Waals surface area (Å²) in [7, 11) is 0. The molecule has 1 aromatic heterocycles. The number of benzene rings is 1. The van der Waals surface area contributed by atoms with Crippen LogP contribution in [-0.4, -0.2) is 30.5 Å². The van der Waals surface area contributed by atoms with Crippen molar-refractivity contribution in [1.82, 2.24) is 10.3 Å². The molecular formula is C21H29N5O. The summed E-state index contributed by atoms with van der Waals surface area (Å²) < 4.78 is 6.03. The zero-order valence-electron chi connectivity index (χ0n) is 16.1. The number of hydrogen-bond acceptors (Lipinski definition) is 5. The second-order valence-electron chi connectivity index (χ2n) is 7.33. The van der Waals surface area contributed by atoms with Gasteiger partial charge in [-0.3, -0.25) is 4.99 Å². The Hall–Kier alpha value is -2.60. The van der Waals surface area contributed by atoms with Gasteiger partial charge in [-0.05, 0) is 61.5 Å². The first-order chi connectivity index (χ1) is 13.0. The monoisotopic (exact) mass is 367 g/mol. The lowest BCUT2D eigenvalue weighted by molar-refractivity contribution is 0.383. The summed E-state index contributed by atoms with van der Waals surface area (Å²) >= 11 is 0. The van der Waals surface area contributed by atoms with Crippen LogP contribution in [-0.2, 0) is 0 Å². The molecule has 0 saturated carbocycles. The van der Waals surface area contributed by atoms with E-state index in [1.807, 2.05) is 18.2 Å². The molecular weight excluding hydrogens is 338 g/mol. The van der Waals surface area contributed by atoms with Crippen molar-refractivity contribution in [2.24, 2.45) is 16.6 Å². The molecule has 1 saturated heterocycles. The third kappa shape index (κ3) is 4.98. The number of anilines is 1. The fourth-order valence-corrected chi connectivity index (χ4v) is 3.21. The Labute approximate surface area is 161 Å². The number of piperidine rings is 1. The van der Waals surface area contributed by atoms with E-state index < -0.39 is 0 Å². The molecule has 0 radical (unpaired) electrons. The first-order valence-corrected chi connectivity index (χ1v) is 9.58. The molecule has 0 unspecified atom stereocenters. The van der Waals surface area contributed by atoms with Crippen molar-refractivity contribution in [2.75, 3.05) is 25.4 Å². The Morgan fingerprint density at radius 1 is 1.30 bits per heavy atom. The van der Waals surface area contributed by atoms with Crippen LogP contribution >= 0.6 is 0 Å². The van der Waals surface area contributed by atoms with Crippen LogP contribution in [0.2, 0.25) is 0 Å². The molecule has 3 rings (SSSR count). The van der Waals surface area contributed by atoms with Gasteiger partial charge >= 0.3 is 0 Å². The smallest absolute Gasteiger partial charge is 0.232 e. The van der Waals surface area contributed by atoms with Crippen molar-refractivity contribution in [3.8, 4) is 11.6 Å². The van der Waals surface area contributed by atoms with Crippen LogP contribution in [0.5, 0.6) is 11.6 Å². The number of ether oxygens (including phenoxy) is 1. The number of aliphatic imine (C=N–C) groups is 1. The average molecular weight is 367 g/mol. The quantitative estimate of drug-likeness (QED) is 0.537. The highest BCUT2D eigenvalue weighted by Crippen LogP contribution is 2.29. The SMILES string of the molecule is CC(C)c1cccc(Oc2nccc(N)c2C(N)=NCC2CCNCC2)c1. The number of nitrogen functional groups attached to an aromatic ring is 1. The lowest BCUT2D eigenvalue weighted by Crippen LogP contribution is -2.29. The number of rotatable bonds is 6. The van der Waals surface area contributed by atoms with Crippen molar-refractivity contribution in [3.05, 3.63) is 47.7 Å². The highest BCUT2D eigenvalue weighted by atomic mass is 16.5. The Morgan fingerprint density at radius 3 is 2.81 bits per heavy atom. The van der Waals surface area contributed by atoms with Crippen molar-refractivity contribution in [1.29, 1.82) is 0 Å². The number of pyridine rings is 1. The van der Waals surface area contributed by atoms with Crippen LogP contribution in [0.15, 0.2) is 41.5 Å². The minimum absolute atomic E-state index is 0.383. The van der Waals surface area contributed by atoms with E-state index in [4.69, 9.17) is 16.2 Å². The van der Waals surface area contributed by atoms with E-state index in [1.54, 1.807) is 12.3 Å². The van der Waals surface area contributed by atoms with Gasteiger partial charge in [-0.15, -0.1) is 0 Å². The maximum atomic E-state index is 6.28. The fraction of sp³-hybridized carbons (Fsp3) is 0.429. The first kappa shape index (κ1) is 19.2. The third-order valence-corrected chi connectivity index (χ3v) is 4.92. The largest absolute Gasteiger partial charge is 0.438 e. The summed E-state index contributed by atoms with van der Waals surface area (Å²) in [6.45, 7) is 7.07. The van der Waals surface area contributed by atoms with Gasteiger partial charge in [-0.1, -0.05) is 26.0 Å². The molecule has 5 N–H and O–H groups in total. The van der Waals surface area contributed by atoms with Gasteiger partial charge in [-0.2, -0.15) is 0 Å². The summed E-state index contributed by atoms with van der Waals surface area (Å²) in [4.78, 5) is 8.95. The number of nitrogens with two attached hydrogens (primary N) is 2. The zero-order valence-corrected chi connectivity index (χ0v) is 16.1. The predicted octanol–water partition coefficient (Wildman–Crippen LogP) is 3.28. The van der Waals surface area contributed by atoms with Gasteiger partial charge in [0.25, 0.3) is 0 Å². The second-order valence-corrected chi connectivity index (χ2v) is 7.33. The molecule has 1 aliphatic rings. The highest BCUT2D eigenvalue weighted by molar-refractivity contribution is 6.04. The molecule has 6 heteroatoms.